The second kappa shape index (κ2) is 8.70. The zero-order valence-electron chi connectivity index (χ0n) is 17.0. The summed E-state index contributed by atoms with van der Waals surface area (Å²) in [6.45, 7) is 7.10. The van der Waals surface area contributed by atoms with E-state index in [0.717, 1.165) is 39.5 Å². The van der Waals surface area contributed by atoms with Gasteiger partial charge in [-0.3, -0.25) is 0 Å². The van der Waals surface area contributed by atoms with Crippen molar-refractivity contribution in [2.24, 2.45) is 0 Å². The summed E-state index contributed by atoms with van der Waals surface area (Å²) in [5.74, 6) is 0.874. The molecule has 1 atom stereocenters. The second-order valence-electron chi connectivity index (χ2n) is 6.92. The summed E-state index contributed by atoms with van der Waals surface area (Å²) in [6, 6.07) is 18.6. The Morgan fingerprint density at radius 2 is 1.76 bits per heavy atom. The third kappa shape index (κ3) is 4.01. The number of benzene rings is 2. The van der Waals surface area contributed by atoms with E-state index in [9.17, 15) is 0 Å². The summed E-state index contributed by atoms with van der Waals surface area (Å²) in [4.78, 5) is 9.31. The predicted octanol–water partition coefficient (Wildman–Crippen LogP) is 6.38. The number of hydrogen-bond acceptors (Lipinski definition) is 4. The van der Waals surface area contributed by atoms with Crippen LogP contribution in [0.25, 0.3) is 27.8 Å². The second-order valence-corrected chi connectivity index (χ2v) is 8.35. The Morgan fingerprint density at radius 1 is 1.00 bits per heavy atom. The minimum absolute atomic E-state index is 0.491. The normalized spacial score (nSPS) is 12.2. The van der Waals surface area contributed by atoms with Gasteiger partial charge < -0.3 is 9.30 Å². The maximum atomic E-state index is 5.60. The SMILES string of the molecule is CCOc1ccc(-n2cc(-c3ccccc3)c3c(S[C@H](C)CC)ncnc32)cc1. The Kier molecular flexibility index (Phi) is 5.86. The molecule has 0 amide bonds. The summed E-state index contributed by atoms with van der Waals surface area (Å²) >= 11 is 1.82. The van der Waals surface area contributed by atoms with Crippen molar-refractivity contribution in [1.29, 1.82) is 0 Å². The molecule has 0 saturated carbocycles. The van der Waals surface area contributed by atoms with E-state index in [1.807, 2.05) is 36.9 Å². The van der Waals surface area contributed by atoms with Gasteiger partial charge in [-0.05, 0) is 43.2 Å². The van der Waals surface area contributed by atoms with Gasteiger partial charge in [0, 0.05) is 22.7 Å². The zero-order valence-corrected chi connectivity index (χ0v) is 17.8. The van der Waals surface area contributed by atoms with Crippen molar-refractivity contribution in [3.05, 3.63) is 67.1 Å². The van der Waals surface area contributed by atoms with Crippen molar-refractivity contribution in [3.63, 3.8) is 0 Å². The highest BCUT2D eigenvalue weighted by atomic mass is 32.2. The third-order valence-electron chi connectivity index (χ3n) is 4.95. The van der Waals surface area contributed by atoms with Crippen molar-refractivity contribution in [3.8, 4) is 22.6 Å². The molecule has 2 aromatic carbocycles. The topological polar surface area (TPSA) is 39.9 Å². The van der Waals surface area contributed by atoms with Crippen LogP contribution in [0.15, 0.2) is 72.1 Å². The third-order valence-corrected chi connectivity index (χ3v) is 6.22. The van der Waals surface area contributed by atoms with Crippen LogP contribution in [-0.2, 0) is 0 Å². The van der Waals surface area contributed by atoms with E-state index in [1.165, 1.54) is 5.56 Å². The number of hydrogen-bond donors (Lipinski definition) is 0. The molecule has 0 N–H and O–H groups in total. The molecule has 0 aliphatic rings. The molecule has 0 aliphatic heterocycles. The quantitative estimate of drug-likeness (QED) is 0.265. The Hall–Kier alpha value is -2.79. The van der Waals surface area contributed by atoms with E-state index in [4.69, 9.17) is 4.74 Å². The monoisotopic (exact) mass is 403 g/mol. The van der Waals surface area contributed by atoms with Gasteiger partial charge >= 0.3 is 0 Å². The highest BCUT2D eigenvalue weighted by Crippen LogP contribution is 2.38. The fourth-order valence-electron chi connectivity index (χ4n) is 3.30. The maximum absolute atomic E-state index is 5.60. The van der Waals surface area contributed by atoms with E-state index in [1.54, 1.807) is 6.33 Å². The van der Waals surface area contributed by atoms with Gasteiger partial charge in [0.1, 0.15) is 22.7 Å². The van der Waals surface area contributed by atoms with Crippen molar-refractivity contribution in [2.75, 3.05) is 6.61 Å². The average molecular weight is 404 g/mol. The van der Waals surface area contributed by atoms with Gasteiger partial charge in [0.15, 0.2) is 0 Å². The molecule has 2 aromatic heterocycles. The molecule has 0 saturated heterocycles. The van der Waals surface area contributed by atoms with Gasteiger partial charge in [-0.1, -0.05) is 44.2 Å². The lowest BCUT2D eigenvalue weighted by atomic mass is 10.1. The molecule has 0 bridgehead atoms. The molecule has 4 rings (SSSR count). The van der Waals surface area contributed by atoms with Gasteiger partial charge in [0.2, 0.25) is 0 Å². The van der Waals surface area contributed by atoms with Crippen LogP contribution in [-0.4, -0.2) is 26.4 Å². The van der Waals surface area contributed by atoms with Gasteiger partial charge in [0.25, 0.3) is 0 Å². The van der Waals surface area contributed by atoms with Crippen LogP contribution in [0.5, 0.6) is 5.75 Å². The lowest BCUT2D eigenvalue weighted by Gasteiger charge is -2.10. The molecular weight excluding hydrogens is 378 g/mol. The first kappa shape index (κ1) is 19.5. The van der Waals surface area contributed by atoms with Crippen LogP contribution in [0.4, 0.5) is 0 Å². The molecule has 0 spiro atoms. The molecule has 0 unspecified atom stereocenters. The summed E-state index contributed by atoms with van der Waals surface area (Å²) in [5, 5.41) is 2.64. The fraction of sp³-hybridized carbons (Fsp3) is 0.250. The number of thioether (sulfide) groups is 1. The first-order chi connectivity index (χ1) is 14.2. The Balaban J connectivity index is 1.91. The average Bonchev–Trinajstić information content (AvgIpc) is 3.16. The standard InChI is InChI=1S/C24H25N3OS/c1-4-17(3)29-24-22-21(18-9-7-6-8-10-18)15-27(23(22)25-16-26-24)19-11-13-20(14-12-19)28-5-2/h6-17H,4-5H2,1-3H3/t17-/m1/s1. The van der Waals surface area contributed by atoms with Crippen molar-refractivity contribution < 1.29 is 4.74 Å². The van der Waals surface area contributed by atoms with Gasteiger partial charge in [-0.25, -0.2) is 9.97 Å². The number of aromatic nitrogens is 3. The minimum atomic E-state index is 0.491. The molecular formula is C24H25N3OS. The zero-order chi connectivity index (χ0) is 20.2. The first-order valence-corrected chi connectivity index (χ1v) is 10.9. The van der Waals surface area contributed by atoms with Crippen LogP contribution >= 0.6 is 11.8 Å². The van der Waals surface area contributed by atoms with E-state index in [-0.39, 0.29) is 0 Å². The molecule has 4 nitrogen and oxygen atoms in total. The van der Waals surface area contributed by atoms with E-state index >= 15 is 0 Å². The van der Waals surface area contributed by atoms with E-state index in [0.29, 0.717) is 11.9 Å². The number of rotatable bonds is 7. The minimum Gasteiger partial charge on any atom is -0.494 e. The molecule has 2 heterocycles. The maximum Gasteiger partial charge on any atom is 0.149 e. The number of nitrogens with zero attached hydrogens (tertiary/aromatic N) is 3. The van der Waals surface area contributed by atoms with Crippen LogP contribution in [0.1, 0.15) is 27.2 Å². The smallest absolute Gasteiger partial charge is 0.149 e. The molecule has 29 heavy (non-hydrogen) atoms. The fourth-order valence-corrected chi connectivity index (χ4v) is 4.28. The van der Waals surface area contributed by atoms with Gasteiger partial charge in [0.05, 0.1) is 12.0 Å². The predicted molar refractivity (Wildman–Crippen MR) is 121 cm³/mol. The van der Waals surface area contributed by atoms with E-state index < -0.39 is 0 Å². The highest BCUT2D eigenvalue weighted by Gasteiger charge is 2.18. The van der Waals surface area contributed by atoms with Gasteiger partial charge in [-0.15, -0.1) is 11.8 Å². The lowest BCUT2D eigenvalue weighted by molar-refractivity contribution is 0.340. The van der Waals surface area contributed by atoms with Crippen molar-refractivity contribution in [1.82, 2.24) is 14.5 Å². The summed E-state index contributed by atoms with van der Waals surface area (Å²) in [5.41, 5.74) is 4.30. The summed E-state index contributed by atoms with van der Waals surface area (Å²) < 4.78 is 7.74. The molecule has 0 aliphatic carbocycles. The lowest BCUT2D eigenvalue weighted by Crippen LogP contribution is -1.98. The van der Waals surface area contributed by atoms with Crippen molar-refractivity contribution >= 4 is 22.8 Å². The molecule has 5 heteroatoms. The van der Waals surface area contributed by atoms with Crippen molar-refractivity contribution in [2.45, 2.75) is 37.5 Å². The first-order valence-electron chi connectivity index (χ1n) is 10.0. The summed E-state index contributed by atoms with van der Waals surface area (Å²) in [6.07, 6.45) is 4.94. The van der Waals surface area contributed by atoms with Crippen LogP contribution in [0.3, 0.4) is 0 Å². The van der Waals surface area contributed by atoms with E-state index in [2.05, 4.69) is 71.0 Å². The molecule has 4 aromatic rings. The number of fused-ring (bicyclic) bond motifs is 1. The molecule has 0 fully saturated rings. The largest absolute Gasteiger partial charge is 0.494 e. The molecule has 148 valence electrons. The summed E-state index contributed by atoms with van der Waals surface area (Å²) in [7, 11) is 0. The van der Waals surface area contributed by atoms with Gasteiger partial charge in [-0.2, -0.15) is 0 Å². The Morgan fingerprint density at radius 3 is 2.45 bits per heavy atom. The number of ether oxygens (including phenoxy) is 1. The van der Waals surface area contributed by atoms with Crippen LogP contribution in [0, 0.1) is 0 Å². The Labute approximate surface area is 176 Å². The molecule has 0 radical (unpaired) electrons. The Bertz CT molecular complexity index is 1090. The van der Waals surface area contributed by atoms with Crippen LogP contribution < -0.4 is 4.74 Å². The highest BCUT2D eigenvalue weighted by molar-refractivity contribution is 8.00. The van der Waals surface area contributed by atoms with Crippen LogP contribution in [0.2, 0.25) is 0 Å².